The Morgan fingerprint density at radius 3 is 3.00 bits per heavy atom. The molecule has 1 aromatic carbocycles. The van der Waals surface area contributed by atoms with Crippen molar-refractivity contribution in [3.05, 3.63) is 24.1 Å². The van der Waals surface area contributed by atoms with Crippen LogP contribution >= 0.6 is 12.2 Å². The minimum atomic E-state index is 0.277. The standard InChI is InChI=1S/C16H19N3O2S/c22-16(17-9-12-2-1-7-20-12)18-11-5-6-14-13(8-11)19-15(21-14)10-3-4-10/h5-6,8,10,12H,1-4,7,9H2,(H2,17,18,22)/t12-/m0/s1. The van der Waals surface area contributed by atoms with Crippen LogP contribution < -0.4 is 10.6 Å². The van der Waals surface area contributed by atoms with Crippen molar-refractivity contribution < 1.29 is 9.15 Å². The van der Waals surface area contributed by atoms with Crippen LogP contribution in [0.2, 0.25) is 0 Å². The smallest absolute Gasteiger partial charge is 0.198 e. The van der Waals surface area contributed by atoms with E-state index in [1.54, 1.807) is 0 Å². The average molecular weight is 317 g/mol. The van der Waals surface area contributed by atoms with Gasteiger partial charge in [-0.2, -0.15) is 0 Å². The topological polar surface area (TPSA) is 59.3 Å². The second-order valence-electron chi connectivity index (χ2n) is 5.98. The van der Waals surface area contributed by atoms with Crippen LogP contribution in [-0.4, -0.2) is 29.4 Å². The number of oxazole rings is 1. The maximum atomic E-state index is 5.76. The number of rotatable bonds is 4. The molecule has 0 spiro atoms. The third kappa shape index (κ3) is 3.08. The molecule has 6 heteroatoms. The van der Waals surface area contributed by atoms with Gasteiger partial charge in [0.25, 0.3) is 0 Å². The SMILES string of the molecule is S=C(NC[C@@H]1CCCO1)Nc1ccc2oc(C3CC3)nc2c1. The summed E-state index contributed by atoms with van der Waals surface area (Å²) < 4.78 is 11.3. The van der Waals surface area contributed by atoms with Crippen LogP contribution in [0.15, 0.2) is 22.6 Å². The molecule has 1 aliphatic heterocycles. The van der Waals surface area contributed by atoms with Crippen LogP contribution in [0.1, 0.15) is 37.5 Å². The summed E-state index contributed by atoms with van der Waals surface area (Å²) in [6.07, 6.45) is 4.90. The Morgan fingerprint density at radius 2 is 2.23 bits per heavy atom. The highest BCUT2D eigenvalue weighted by atomic mass is 32.1. The molecule has 1 saturated heterocycles. The fourth-order valence-corrected chi connectivity index (χ4v) is 2.92. The van der Waals surface area contributed by atoms with Gasteiger partial charge < -0.3 is 19.8 Å². The van der Waals surface area contributed by atoms with Gasteiger partial charge in [0.2, 0.25) is 0 Å². The van der Waals surface area contributed by atoms with E-state index in [4.69, 9.17) is 21.4 Å². The Labute approximate surface area is 134 Å². The summed E-state index contributed by atoms with van der Waals surface area (Å²) in [7, 11) is 0. The zero-order valence-electron chi connectivity index (χ0n) is 12.3. The molecule has 2 aliphatic rings. The van der Waals surface area contributed by atoms with Gasteiger partial charge in [-0.1, -0.05) is 0 Å². The van der Waals surface area contributed by atoms with Crippen LogP contribution in [0.25, 0.3) is 11.1 Å². The van der Waals surface area contributed by atoms with E-state index in [1.165, 1.54) is 12.8 Å². The van der Waals surface area contributed by atoms with Crippen molar-refractivity contribution in [2.24, 2.45) is 0 Å². The first-order chi connectivity index (χ1) is 10.8. The number of hydrogen-bond acceptors (Lipinski definition) is 4. The van der Waals surface area contributed by atoms with E-state index in [-0.39, 0.29) is 6.10 Å². The minimum absolute atomic E-state index is 0.277. The van der Waals surface area contributed by atoms with Gasteiger partial charge >= 0.3 is 0 Å². The molecule has 1 aromatic heterocycles. The van der Waals surface area contributed by atoms with Crippen LogP contribution in [0.3, 0.4) is 0 Å². The lowest BCUT2D eigenvalue weighted by atomic mass is 10.2. The van der Waals surface area contributed by atoms with E-state index in [1.807, 2.05) is 18.2 Å². The lowest BCUT2D eigenvalue weighted by Crippen LogP contribution is -2.34. The van der Waals surface area contributed by atoms with E-state index < -0.39 is 0 Å². The van der Waals surface area contributed by atoms with E-state index in [0.717, 1.165) is 48.7 Å². The summed E-state index contributed by atoms with van der Waals surface area (Å²) in [6, 6.07) is 5.88. The van der Waals surface area contributed by atoms with Crippen LogP contribution in [-0.2, 0) is 4.74 Å². The first-order valence-corrected chi connectivity index (χ1v) is 8.26. The van der Waals surface area contributed by atoms with Crippen molar-refractivity contribution >= 4 is 34.1 Å². The molecule has 5 nitrogen and oxygen atoms in total. The second kappa shape index (κ2) is 5.85. The zero-order valence-corrected chi connectivity index (χ0v) is 13.1. The van der Waals surface area contributed by atoms with Gasteiger partial charge in [0.15, 0.2) is 16.6 Å². The summed E-state index contributed by atoms with van der Waals surface area (Å²) in [5, 5.41) is 7.01. The molecule has 2 N–H and O–H groups in total. The highest BCUT2D eigenvalue weighted by molar-refractivity contribution is 7.80. The Morgan fingerprint density at radius 1 is 1.32 bits per heavy atom. The number of benzene rings is 1. The number of aromatic nitrogens is 1. The molecule has 0 amide bonds. The molecule has 22 heavy (non-hydrogen) atoms. The maximum absolute atomic E-state index is 5.76. The predicted molar refractivity (Wildman–Crippen MR) is 89.2 cm³/mol. The van der Waals surface area contributed by atoms with Gasteiger partial charge in [0.1, 0.15) is 5.52 Å². The molecule has 0 unspecified atom stereocenters. The zero-order chi connectivity index (χ0) is 14.9. The third-order valence-electron chi connectivity index (χ3n) is 4.10. The largest absolute Gasteiger partial charge is 0.440 e. The third-order valence-corrected chi connectivity index (χ3v) is 4.35. The van der Waals surface area contributed by atoms with Crippen molar-refractivity contribution in [1.82, 2.24) is 10.3 Å². The second-order valence-corrected chi connectivity index (χ2v) is 6.39. The average Bonchev–Trinajstić information content (AvgIpc) is 3.08. The Hall–Kier alpha value is -1.66. The molecule has 0 radical (unpaired) electrons. The van der Waals surface area contributed by atoms with Gasteiger partial charge in [0, 0.05) is 24.8 Å². The fraction of sp³-hybridized carbons (Fsp3) is 0.500. The fourth-order valence-electron chi connectivity index (χ4n) is 2.72. The van der Waals surface area contributed by atoms with Crippen molar-refractivity contribution in [2.75, 3.05) is 18.5 Å². The minimum Gasteiger partial charge on any atom is -0.440 e. The van der Waals surface area contributed by atoms with Gasteiger partial charge in [-0.05, 0) is 56.1 Å². The number of nitrogens with one attached hydrogen (secondary N) is 2. The molecule has 2 fully saturated rings. The summed E-state index contributed by atoms with van der Waals surface area (Å²) in [5.74, 6) is 1.39. The molecule has 2 aromatic rings. The van der Waals surface area contributed by atoms with Crippen LogP contribution in [0, 0.1) is 0 Å². The quantitative estimate of drug-likeness (QED) is 0.845. The number of ether oxygens (including phenoxy) is 1. The molecule has 4 rings (SSSR count). The molecular formula is C16H19N3O2S. The lowest BCUT2D eigenvalue weighted by molar-refractivity contribution is 0.114. The number of fused-ring (bicyclic) bond motifs is 1. The van der Waals surface area contributed by atoms with Gasteiger partial charge in [-0.15, -0.1) is 0 Å². The number of hydrogen-bond donors (Lipinski definition) is 2. The number of anilines is 1. The van der Waals surface area contributed by atoms with E-state index >= 15 is 0 Å². The molecule has 2 heterocycles. The van der Waals surface area contributed by atoms with Gasteiger partial charge in [0.05, 0.1) is 6.10 Å². The molecule has 116 valence electrons. The number of nitrogens with zero attached hydrogens (tertiary/aromatic N) is 1. The van der Waals surface area contributed by atoms with Gasteiger partial charge in [-0.25, -0.2) is 4.98 Å². The molecule has 1 saturated carbocycles. The van der Waals surface area contributed by atoms with E-state index in [9.17, 15) is 0 Å². The first kappa shape index (κ1) is 14.0. The summed E-state index contributed by atoms with van der Waals surface area (Å²) in [4.78, 5) is 4.56. The molecule has 0 bridgehead atoms. The Bertz CT molecular complexity index is 690. The van der Waals surface area contributed by atoms with Crippen LogP contribution in [0.4, 0.5) is 5.69 Å². The highest BCUT2D eigenvalue weighted by Gasteiger charge is 2.28. The Balaban J connectivity index is 1.38. The summed E-state index contributed by atoms with van der Waals surface area (Å²) >= 11 is 5.33. The van der Waals surface area contributed by atoms with E-state index in [2.05, 4.69) is 15.6 Å². The lowest BCUT2D eigenvalue weighted by Gasteiger charge is -2.13. The highest BCUT2D eigenvalue weighted by Crippen LogP contribution is 2.40. The predicted octanol–water partition coefficient (Wildman–Crippen LogP) is 3.17. The maximum Gasteiger partial charge on any atom is 0.198 e. The molecule has 1 aliphatic carbocycles. The molecule has 1 atom stereocenters. The van der Waals surface area contributed by atoms with Crippen molar-refractivity contribution in [1.29, 1.82) is 0 Å². The van der Waals surface area contributed by atoms with Crippen LogP contribution in [0.5, 0.6) is 0 Å². The number of thiocarbonyl (C=S) groups is 1. The first-order valence-electron chi connectivity index (χ1n) is 7.85. The Kier molecular flexibility index (Phi) is 3.72. The van der Waals surface area contributed by atoms with E-state index in [0.29, 0.717) is 11.0 Å². The molecular weight excluding hydrogens is 298 g/mol. The summed E-state index contributed by atoms with van der Waals surface area (Å²) in [6.45, 7) is 1.61. The van der Waals surface area contributed by atoms with Gasteiger partial charge in [-0.3, -0.25) is 0 Å². The monoisotopic (exact) mass is 317 g/mol. The van der Waals surface area contributed by atoms with Crippen molar-refractivity contribution in [3.8, 4) is 0 Å². The van der Waals surface area contributed by atoms with Crippen molar-refractivity contribution in [2.45, 2.75) is 37.7 Å². The summed E-state index contributed by atoms with van der Waals surface area (Å²) in [5.41, 5.74) is 2.65. The normalized spacial score (nSPS) is 21.2. The van der Waals surface area contributed by atoms with Crippen molar-refractivity contribution in [3.63, 3.8) is 0 Å².